The highest BCUT2D eigenvalue weighted by molar-refractivity contribution is 5.94. The Morgan fingerprint density at radius 3 is 2.59 bits per heavy atom. The number of hydrogen-bond donors (Lipinski definition) is 2. The number of nitriles is 1. The van der Waals surface area contributed by atoms with Crippen molar-refractivity contribution in [1.82, 2.24) is 4.98 Å². The minimum atomic E-state index is -4.64. The number of aromatic carboxylic acids is 1. The molecule has 0 radical (unpaired) electrons. The van der Waals surface area contributed by atoms with E-state index in [2.05, 4.69) is 10.3 Å². The predicted octanol–water partition coefficient (Wildman–Crippen LogP) is 4.83. The van der Waals surface area contributed by atoms with Gasteiger partial charge in [0.15, 0.2) is 0 Å². The van der Waals surface area contributed by atoms with Crippen LogP contribution >= 0.6 is 0 Å². The number of anilines is 2. The van der Waals surface area contributed by atoms with Crippen molar-refractivity contribution in [2.45, 2.75) is 19.1 Å². The first kappa shape index (κ1) is 23.3. The lowest BCUT2D eigenvalue weighted by Gasteiger charge is -2.29. The Kier molecular flexibility index (Phi) is 6.30. The molecule has 0 saturated carbocycles. The van der Waals surface area contributed by atoms with E-state index < -0.39 is 23.8 Å². The summed E-state index contributed by atoms with van der Waals surface area (Å²) in [6.45, 7) is 3.66. The number of hydrogen-bond acceptors (Lipinski definition) is 6. The van der Waals surface area contributed by atoms with Crippen molar-refractivity contribution < 1.29 is 27.8 Å². The van der Waals surface area contributed by atoms with Crippen LogP contribution in [0.4, 0.5) is 24.7 Å². The molecule has 34 heavy (non-hydrogen) atoms. The average Bonchev–Trinajstić information content (AvgIpc) is 2.82. The van der Waals surface area contributed by atoms with Crippen molar-refractivity contribution in [2.24, 2.45) is 0 Å². The molecular formula is C24H21F3N4O3. The zero-order valence-corrected chi connectivity index (χ0v) is 18.2. The summed E-state index contributed by atoms with van der Waals surface area (Å²) in [5, 5.41) is 22.3. The van der Waals surface area contributed by atoms with Crippen LogP contribution in [-0.2, 0) is 10.9 Å². The second-order valence-corrected chi connectivity index (χ2v) is 7.92. The molecule has 1 fully saturated rings. The lowest BCUT2D eigenvalue weighted by Crippen LogP contribution is -2.36. The summed E-state index contributed by atoms with van der Waals surface area (Å²) < 4.78 is 46.6. The van der Waals surface area contributed by atoms with E-state index in [1.807, 2.05) is 11.0 Å². The van der Waals surface area contributed by atoms with Crippen LogP contribution in [0.25, 0.3) is 10.9 Å². The van der Waals surface area contributed by atoms with Crippen LogP contribution in [0.1, 0.15) is 40.0 Å². The SMILES string of the molecule is CC(Nc1ccccc1C(=O)O)c1cc(C(F)(F)F)cc2c(C#N)cc(N3CCOCC3)nc12. The molecule has 1 atom stereocenters. The predicted molar refractivity (Wildman–Crippen MR) is 120 cm³/mol. The third kappa shape index (κ3) is 4.61. The van der Waals surface area contributed by atoms with Crippen LogP contribution in [0.3, 0.4) is 0 Å². The Morgan fingerprint density at radius 1 is 1.24 bits per heavy atom. The molecule has 0 amide bonds. The Hall–Kier alpha value is -3.84. The van der Waals surface area contributed by atoms with Gasteiger partial charge in [0.2, 0.25) is 0 Å². The number of ether oxygens (including phenoxy) is 1. The third-order valence-electron chi connectivity index (χ3n) is 5.71. The van der Waals surface area contributed by atoms with E-state index in [0.29, 0.717) is 32.1 Å². The number of morpholine rings is 1. The summed E-state index contributed by atoms with van der Waals surface area (Å²) >= 11 is 0. The molecule has 1 aliphatic rings. The standard InChI is InChI=1S/C24H21F3N4O3/c1-14(29-20-5-3-2-4-17(20)23(32)33)18-11-16(24(25,26)27)12-19-15(13-28)10-21(30-22(18)19)31-6-8-34-9-7-31/h2-5,10-12,14,29H,6-9H2,1H3,(H,32,33). The molecule has 0 bridgehead atoms. The number of halogens is 3. The molecule has 2 heterocycles. The Bertz CT molecular complexity index is 1280. The number of carboxylic acid groups (broad SMARTS) is 1. The molecule has 1 unspecified atom stereocenters. The molecule has 1 aromatic heterocycles. The highest BCUT2D eigenvalue weighted by atomic mass is 19.4. The van der Waals surface area contributed by atoms with Gasteiger partial charge in [-0.3, -0.25) is 0 Å². The fourth-order valence-corrected chi connectivity index (χ4v) is 3.99. The van der Waals surface area contributed by atoms with Crippen molar-refractivity contribution >= 4 is 28.4 Å². The highest BCUT2D eigenvalue weighted by Gasteiger charge is 2.33. The van der Waals surface area contributed by atoms with Crippen molar-refractivity contribution in [1.29, 1.82) is 5.26 Å². The van der Waals surface area contributed by atoms with Gasteiger partial charge < -0.3 is 20.1 Å². The summed E-state index contributed by atoms with van der Waals surface area (Å²) in [6.07, 6.45) is -4.64. The number of nitrogens with one attached hydrogen (secondary N) is 1. The van der Waals surface area contributed by atoms with Gasteiger partial charge in [-0.25, -0.2) is 9.78 Å². The van der Waals surface area contributed by atoms with Gasteiger partial charge in [-0.05, 0) is 37.3 Å². The molecule has 1 aliphatic heterocycles. The van der Waals surface area contributed by atoms with Crippen LogP contribution in [0.15, 0.2) is 42.5 Å². The maximum absolute atomic E-state index is 13.7. The van der Waals surface area contributed by atoms with E-state index in [1.54, 1.807) is 25.1 Å². The molecule has 3 aromatic rings. The zero-order valence-electron chi connectivity index (χ0n) is 18.2. The van der Waals surface area contributed by atoms with E-state index in [-0.39, 0.29) is 33.3 Å². The molecule has 2 N–H and O–H groups in total. The topological polar surface area (TPSA) is 98.5 Å². The Morgan fingerprint density at radius 2 is 1.94 bits per heavy atom. The lowest BCUT2D eigenvalue weighted by molar-refractivity contribution is -0.137. The van der Waals surface area contributed by atoms with Gasteiger partial charge in [-0.1, -0.05) is 12.1 Å². The third-order valence-corrected chi connectivity index (χ3v) is 5.71. The molecule has 10 heteroatoms. The van der Waals surface area contributed by atoms with E-state index in [0.717, 1.165) is 12.1 Å². The second kappa shape index (κ2) is 9.19. The molecule has 176 valence electrons. The number of pyridine rings is 1. The number of alkyl halides is 3. The normalized spacial score (nSPS) is 15.1. The van der Waals surface area contributed by atoms with Gasteiger partial charge in [0.25, 0.3) is 0 Å². The van der Waals surface area contributed by atoms with Crippen LogP contribution in [-0.4, -0.2) is 42.4 Å². The van der Waals surface area contributed by atoms with Crippen molar-refractivity contribution in [3.8, 4) is 6.07 Å². The Labute approximate surface area is 193 Å². The zero-order chi connectivity index (χ0) is 24.5. The number of benzene rings is 2. The van der Waals surface area contributed by atoms with Crippen LogP contribution in [0, 0.1) is 11.3 Å². The average molecular weight is 470 g/mol. The summed E-state index contributed by atoms with van der Waals surface area (Å²) in [5.41, 5.74) is -0.120. The number of para-hydroxylation sites is 1. The molecular weight excluding hydrogens is 449 g/mol. The summed E-state index contributed by atoms with van der Waals surface area (Å²) in [5.74, 6) is -0.685. The summed E-state index contributed by atoms with van der Waals surface area (Å²) in [6, 6.07) is 10.8. The van der Waals surface area contributed by atoms with Gasteiger partial charge in [0.1, 0.15) is 5.82 Å². The van der Waals surface area contributed by atoms with Crippen molar-refractivity contribution in [2.75, 3.05) is 36.5 Å². The van der Waals surface area contributed by atoms with Crippen LogP contribution < -0.4 is 10.2 Å². The number of carbonyl (C=O) groups is 1. The number of aromatic nitrogens is 1. The quantitative estimate of drug-likeness (QED) is 0.551. The first-order chi connectivity index (χ1) is 16.2. The molecule has 7 nitrogen and oxygen atoms in total. The maximum atomic E-state index is 13.7. The van der Waals surface area contributed by atoms with E-state index >= 15 is 0 Å². The van der Waals surface area contributed by atoms with Crippen LogP contribution in [0.2, 0.25) is 0 Å². The van der Waals surface area contributed by atoms with Gasteiger partial charge in [-0.15, -0.1) is 0 Å². The molecule has 0 aliphatic carbocycles. The van der Waals surface area contributed by atoms with E-state index in [4.69, 9.17) is 4.74 Å². The van der Waals surface area contributed by atoms with Crippen LogP contribution in [0.5, 0.6) is 0 Å². The summed E-state index contributed by atoms with van der Waals surface area (Å²) in [4.78, 5) is 18.2. The minimum Gasteiger partial charge on any atom is -0.478 e. The summed E-state index contributed by atoms with van der Waals surface area (Å²) in [7, 11) is 0. The minimum absolute atomic E-state index is 0.00897. The van der Waals surface area contributed by atoms with Gasteiger partial charge in [-0.2, -0.15) is 18.4 Å². The Balaban J connectivity index is 1.89. The van der Waals surface area contributed by atoms with Crippen molar-refractivity contribution in [3.63, 3.8) is 0 Å². The lowest BCUT2D eigenvalue weighted by atomic mass is 9.97. The smallest absolute Gasteiger partial charge is 0.416 e. The van der Waals surface area contributed by atoms with Gasteiger partial charge in [0.05, 0.1) is 47.5 Å². The van der Waals surface area contributed by atoms with E-state index in [9.17, 15) is 28.3 Å². The maximum Gasteiger partial charge on any atom is 0.416 e. The van der Waals surface area contributed by atoms with E-state index in [1.165, 1.54) is 12.1 Å². The van der Waals surface area contributed by atoms with Gasteiger partial charge in [0, 0.05) is 29.7 Å². The first-order valence-corrected chi connectivity index (χ1v) is 10.6. The molecule has 1 saturated heterocycles. The van der Waals surface area contributed by atoms with Gasteiger partial charge >= 0.3 is 12.1 Å². The molecule has 0 spiro atoms. The number of fused-ring (bicyclic) bond motifs is 1. The number of nitrogens with zero attached hydrogens (tertiary/aromatic N) is 3. The second-order valence-electron chi connectivity index (χ2n) is 7.92. The monoisotopic (exact) mass is 470 g/mol. The first-order valence-electron chi connectivity index (χ1n) is 10.6. The fourth-order valence-electron chi connectivity index (χ4n) is 3.99. The molecule has 2 aromatic carbocycles. The molecule has 4 rings (SSSR count). The van der Waals surface area contributed by atoms with Crippen molar-refractivity contribution in [3.05, 3.63) is 64.7 Å². The number of carboxylic acids is 1. The number of rotatable bonds is 5. The highest BCUT2D eigenvalue weighted by Crippen LogP contribution is 2.37. The largest absolute Gasteiger partial charge is 0.478 e. The fraction of sp³-hybridized carbons (Fsp3) is 0.292.